The summed E-state index contributed by atoms with van der Waals surface area (Å²) in [6.45, 7) is 1.92. The minimum absolute atomic E-state index is 0.0219. The number of unbranched alkanes of at least 4 members (excludes halogenated alkanes) is 1. The highest BCUT2D eigenvalue weighted by Gasteiger charge is 2.16. The van der Waals surface area contributed by atoms with E-state index >= 15 is 0 Å². The van der Waals surface area contributed by atoms with E-state index in [-0.39, 0.29) is 11.3 Å². The molecule has 0 unspecified atom stereocenters. The number of nitriles is 1. The number of sulfonamides is 1. The molecular weight excluding hydrogens is 252 g/mol. The molecule has 0 aliphatic carbocycles. The van der Waals surface area contributed by atoms with Crippen LogP contribution >= 0.6 is 0 Å². The summed E-state index contributed by atoms with van der Waals surface area (Å²) in [6.07, 6.45) is 1.66. The van der Waals surface area contributed by atoms with E-state index in [0.717, 1.165) is 6.42 Å². The van der Waals surface area contributed by atoms with Gasteiger partial charge in [-0.25, -0.2) is 13.1 Å². The summed E-state index contributed by atoms with van der Waals surface area (Å²) in [5.41, 5.74) is 0.367. The van der Waals surface area contributed by atoms with Crippen LogP contribution in [0.5, 0.6) is 0 Å². The van der Waals surface area contributed by atoms with Gasteiger partial charge >= 0.3 is 0 Å². The van der Waals surface area contributed by atoms with Gasteiger partial charge in [0, 0.05) is 6.42 Å². The fourth-order valence-electron chi connectivity index (χ4n) is 1.31. The maximum Gasteiger partial charge on any atom is 0.264 e. The summed E-state index contributed by atoms with van der Waals surface area (Å²) in [4.78, 5) is 11.3. The molecule has 0 spiro atoms. The average Bonchev–Trinajstić information content (AvgIpc) is 2.36. The molecule has 0 aliphatic rings. The van der Waals surface area contributed by atoms with Crippen LogP contribution in [0.2, 0.25) is 0 Å². The zero-order chi connectivity index (χ0) is 13.6. The topological polar surface area (TPSA) is 87.0 Å². The van der Waals surface area contributed by atoms with Gasteiger partial charge in [0.2, 0.25) is 5.91 Å². The van der Waals surface area contributed by atoms with E-state index < -0.39 is 15.9 Å². The van der Waals surface area contributed by atoms with Crippen molar-refractivity contribution in [2.45, 2.75) is 31.1 Å². The van der Waals surface area contributed by atoms with Crippen molar-refractivity contribution in [3.63, 3.8) is 0 Å². The number of carbonyl (C=O) groups is 1. The van der Waals surface area contributed by atoms with E-state index in [4.69, 9.17) is 5.26 Å². The van der Waals surface area contributed by atoms with Crippen LogP contribution in [-0.2, 0) is 14.8 Å². The first-order chi connectivity index (χ1) is 8.49. The minimum Gasteiger partial charge on any atom is -0.274 e. The summed E-state index contributed by atoms with van der Waals surface area (Å²) in [5, 5.41) is 8.60. The molecule has 96 valence electrons. The lowest BCUT2D eigenvalue weighted by molar-refractivity contribution is -0.119. The van der Waals surface area contributed by atoms with Gasteiger partial charge in [-0.1, -0.05) is 13.3 Å². The molecule has 1 N–H and O–H groups in total. The van der Waals surface area contributed by atoms with Crippen LogP contribution in [0.4, 0.5) is 0 Å². The van der Waals surface area contributed by atoms with E-state index in [1.54, 1.807) is 0 Å². The van der Waals surface area contributed by atoms with Crippen molar-refractivity contribution in [1.82, 2.24) is 4.72 Å². The molecule has 1 amide bonds. The van der Waals surface area contributed by atoms with Crippen molar-refractivity contribution in [2.24, 2.45) is 0 Å². The first-order valence-electron chi connectivity index (χ1n) is 5.55. The summed E-state index contributed by atoms with van der Waals surface area (Å²) >= 11 is 0. The molecule has 1 aromatic rings. The number of hydrogen-bond acceptors (Lipinski definition) is 4. The van der Waals surface area contributed by atoms with Crippen molar-refractivity contribution in [3.8, 4) is 6.07 Å². The third-order valence-corrected chi connectivity index (χ3v) is 3.69. The molecule has 0 saturated carbocycles. The number of hydrogen-bond donors (Lipinski definition) is 1. The van der Waals surface area contributed by atoms with Crippen LogP contribution in [0.1, 0.15) is 31.7 Å². The van der Waals surface area contributed by atoms with Gasteiger partial charge in [0.1, 0.15) is 0 Å². The van der Waals surface area contributed by atoms with Gasteiger partial charge in [0.05, 0.1) is 16.5 Å². The molecule has 0 aromatic heterocycles. The molecule has 5 nitrogen and oxygen atoms in total. The van der Waals surface area contributed by atoms with Crippen LogP contribution in [0.25, 0.3) is 0 Å². The molecule has 0 bridgehead atoms. The largest absolute Gasteiger partial charge is 0.274 e. The van der Waals surface area contributed by atoms with Crippen LogP contribution in [-0.4, -0.2) is 14.3 Å². The minimum atomic E-state index is -3.82. The monoisotopic (exact) mass is 266 g/mol. The van der Waals surface area contributed by atoms with Gasteiger partial charge in [-0.05, 0) is 30.7 Å². The van der Waals surface area contributed by atoms with Gasteiger partial charge in [-0.2, -0.15) is 5.26 Å². The number of nitrogens with zero attached hydrogens (tertiary/aromatic N) is 1. The van der Waals surface area contributed by atoms with E-state index in [1.807, 2.05) is 17.7 Å². The van der Waals surface area contributed by atoms with Crippen LogP contribution in [0.15, 0.2) is 29.2 Å². The Morgan fingerprint density at radius 1 is 1.33 bits per heavy atom. The second-order valence-corrected chi connectivity index (χ2v) is 5.45. The normalized spacial score (nSPS) is 10.7. The Balaban J connectivity index is 2.80. The summed E-state index contributed by atoms with van der Waals surface area (Å²) in [6, 6.07) is 7.28. The standard InChI is InChI=1S/C12H14N2O3S/c1-2-3-4-12(15)14-18(16,17)11-7-5-10(9-13)6-8-11/h5-8H,2-4H2,1H3,(H,14,15). The Kier molecular flexibility index (Phi) is 4.86. The van der Waals surface area contributed by atoms with E-state index in [0.29, 0.717) is 12.0 Å². The molecule has 0 saturated heterocycles. The number of rotatable bonds is 5. The van der Waals surface area contributed by atoms with Gasteiger partial charge < -0.3 is 0 Å². The lowest BCUT2D eigenvalue weighted by atomic mass is 10.2. The first-order valence-corrected chi connectivity index (χ1v) is 7.03. The molecule has 6 heteroatoms. The molecule has 0 heterocycles. The molecule has 0 fully saturated rings. The SMILES string of the molecule is CCCCC(=O)NS(=O)(=O)c1ccc(C#N)cc1. The number of benzene rings is 1. The molecule has 0 atom stereocenters. The molecule has 1 rings (SSSR count). The van der Waals surface area contributed by atoms with E-state index in [1.165, 1.54) is 24.3 Å². The maximum atomic E-state index is 11.8. The first kappa shape index (κ1) is 14.2. The summed E-state index contributed by atoms with van der Waals surface area (Å²) < 4.78 is 25.6. The average molecular weight is 266 g/mol. The van der Waals surface area contributed by atoms with Crippen molar-refractivity contribution in [1.29, 1.82) is 5.26 Å². The highest BCUT2D eigenvalue weighted by atomic mass is 32.2. The van der Waals surface area contributed by atoms with Crippen LogP contribution in [0.3, 0.4) is 0 Å². The predicted molar refractivity (Wildman–Crippen MR) is 66.0 cm³/mol. The smallest absolute Gasteiger partial charge is 0.264 e. The molecule has 0 radical (unpaired) electrons. The maximum absolute atomic E-state index is 11.8. The highest BCUT2D eigenvalue weighted by Crippen LogP contribution is 2.10. The lowest BCUT2D eigenvalue weighted by Crippen LogP contribution is -2.30. The van der Waals surface area contributed by atoms with Crippen molar-refractivity contribution >= 4 is 15.9 Å². The molecule has 18 heavy (non-hydrogen) atoms. The lowest BCUT2D eigenvalue weighted by Gasteiger charge is -2.06. The Morgan fingerprint density at radius 3 is 2.44 bits per heavy atom. The number of nitrogens with one attached hydrogen (secondary N) is 1. The van der Waals surface area contributed by atoms with Crippen LogP contribution < -0.4 is 4.72 Å². The fourth-order valence-corrected chi connectivity index (χ4v) is 2.32. The zero-order valence-electron chi connectivity index (χ0n) is 10.0. The van der Waals surface area contributed by atoms with Gasteiger partial charge in [0.15, 0.2) is 0 Å². The highest BCUT2D eigenvalue weighted by molar-refractivity contribution is 7.90. The van der Waals surface area contributed by atoms with Crippen molar-refractivity contribution in [3.05, 3.63) is 29.8 Å². The third kappa shape index (κ3) is 3.86. The quantitative estimate of drug-likeness (QED) is 0.876. The fraction of sp³-hybridized carbons (Fsp3) is 0.333. The molecule has 0 aliphatic heterocycles. The zero-order valence-corrected chi connectivity index (χ0v) is 10.8. The Labute approximate surface area is 106 Å². The Hall–Kier alpha value is -1.87. The Morgan fingerprint density at radius 2 is 1.94 bits per heavy atom. The molecule has 1 aromatic carbocycles. The van der Waals surface area contributed by atoms with E-state index in [2.05, 4.69) is 0 Å². The number of amides is 1. The predicted octanol–water partition coefficient (Wildman–Crippen LogP) is 1.55. The summed E-state index contributed by atoms with van der Waals surface area (Å²) in [5.74, 6) is -0.513. The van der Waals surface area contributed by atoms with Gasteiger partial charge in [-0.15, -0.1) is 0 Å². The van der Waals surface area contributed by atoms with Crippen molar-refractivity contribution < 1.29 is 13.2 Å². The van der Waals surface area contributed by atoms with Gasteiger partial charge in [0.25, 0.3) is 10.0 Å². The van der Waals surface area contributed by atoms with Crippen LogP contribution in [0, 0.1) is 11.3 Å². The van der Waals surface area contributed by atoms with E-state index in [9.17, 15) is 13.2 Å². The third-order valence-electron chi connectivity index (χ3n) is 2.30. The summed E-state index contributed by atoms with van der Waals surface area (Å²) in [7, 11) is -3.82. The number of carbonyl (C=O) groups excluding carboxylic acids is 1. The van der Waals surface area contributed by atoms with Gasteiger partial charge in [-0.3, -0.25) is 4.79 Å². The molecular formula is C12H14N2O3S. The Bertz CT molecular complexity index is 556. The second kappa shape index (κ2) is 6.17. The van der Waals surface area contributed by atoms with Crippen molar-refractivity contribution in [2.75, 3.05) is 0 Å². The second-order valence-electron chi connectivity index (χ2n) is 3.77.